The lowest BCUT2D eigenvalue weighted by molar-refractivity contribution is 0.487. The molecule has 5 heteroatoms. The first-order valence-electron chi connectivity index (χ1n) is 16.4. The summed E-state index contributed by atoms with van der Waals surface area (Å²) in [5.41, 5.74) is 15.5. The number of benzene rings is 7. The third-order valence-corrected chi connectivity index (χ3v) is 11.0. The van der Waals surface area contributed by atoms with Crippen LogP contribution in [0, 0.1) is 0 Å². The van der Waals surface area contributed by atoms with Gasteiger partial charge in [0.1, 0.15) is 11.5 Å². The van der Waals surface area contributed by atoms with Crippen LogP contribution in [0.2, 0.25) is 0 Å². The van der Waals surface area contributed by atoms with Crippen molar-refractivity contribution in [1.82, 2.24) is 9.13 Å². The third kappa shape index (κ3) is 2.88. The standard InChI is InChI=1S/C42H24B2N2O/c1-5-19-34-26(11-1)28-13-9-17-32-41(28)45(34)36-23-25(43-30-15-3-7-21-38(30)47-39-22-8-4-16-31(39)43)24-37-40(36)44(32)33-18-10-14-29-27-12-2-6-20-35(27)46(37)42(29)33/h1-24H. The van der Waals surface area contributed by atoms with Crippen molar-refractivity contribution in [3.63, 3.8) is 0 Å². The molecule has 5 heterocycles. The van der Waals surface area contributed by atoms with Crippen LogP contribution >= 0.6 is 0 Å². The van der Waals surface area contributed by atoms with Crippen LogP contribution in [0.3, 0.4) is 0 Å². The number of hydrogen-bond acceptors (Lipinski definition) is 1. The maximum Gasteiger partial charge on any atom is 0.252 e. The molecule has 214 valence electrons. The fourth-order valence-corrected chi connectivity index (χ4v) is 9.28. The highest BCUT2D eigenvalue weighted by Crippen LogP contribution is 2.38. The van der Waals surface area contributed by atoms with Gasteiger partial charge in [-0.25, -0.2) is 0 Å². The molecule has 9 aromatic rings. The Morgan fingerprint density at radius 2 is 0.851 bits per heavy atom. The van der Waals surface area contributed by atoms with E-state index in [1.165, 1.54) is 87.8 Å². The molecule has 0 fully saturated rings. The van der Waals surface area contributed by atoms with Crippen molar-refractivity contribution in [3.05, 3.63) is 146 Å². The monoisotopic (exact) mass is 594 g/mol. The zero-order chi connectivity index (χ0) is 30.4. The fraction of sp³-hybridized carbons (Fsp3) is 0. The predicted molar refractivity (Wildman–Crippen MR) is 197 cm³/mol. The highest BCUT2D eigenvalue weighted by atomic mass is 16.5. The first kappa shape index (κ1) is 24.3. The second-order valence-electron chi connectivity index (χ2n) is 13.2. The molecule has 0 atom stereocenters. The molecule has 0 unspecified atom stereocenters. The average Bonchev–Trinajstić information content (AvgIpc) is 3.65. The van der Waals surface area contributed by atoms with Crippen molar-refractivity contribution in [2.45, 2.75) is 0 Å². The molecule has 0 amide bonds. The third-order valence-electron chi connectivity index (χ3n) is 11.0. The number of fused-ring (bicyclic) bond motifs is 12. The lowest BCUT2D eigenvalue weighted by Gasteiger charge is -2.35. The summed E-state index contributed by atoms with van der Waals surface area (Å²) in [5.74, 6) is 1.86. The van der Waals surface area contributed by atoms with Crippen LogP contribution in [0.25, 0.3) is 55.0 Å². The van der Waals surface area contributed by atoms with Crippen molar-refractivity contribution in [1.29, 1.82) is 0 Å². The maximum atomic E-state index is 6.49. The number of ether oxygens (including phenoxy) is 1. The number of hydrogen-bond donors (Lipinski definition) is 0. The second-order valence-corrected chi connectivity index (χ2v) is 13.2. The second kappa shape index (κ2) is 8.45. The molecule has 47 heavy (non-hydrogen) atoms. The highest BCUT2D eigenvalue weighted by molar-refractivity contribution is 7.01. The van der Waals surface area contributed by atoms with Crippen LogP contribution in [0.1, 0.15) is 0 Å². The van der Waals surface area contributed by atoms with Gasteiger partial charge in [0.25, 0.3) is 13.4 Å². The van der Waals surface area contributed by atoms with Gasteiger partial charge in [0.2, 0.25) is 0 Å². The summed E-state index contributed by atoms with van der Waals surface area (Å²) in [6, 6.07) is 53.8. The predicted octanol–water partition coefficient (Wildman–Crippen LogP) is 5.65. The Balaban J connectivity index is 1.30. The van der Waals surface area contributed by atoms with Crippen molar-refractivity contribution < 1.29 is 4.74 Å². The van der Waals surface area contributed by atoms with Crippen LogP contribution in [-0.4, -0.2) is 22.6 Å². The quantitative estimate of drug-likeness (QED) is 0.225. The van der Waals surface area contributed by atoms with Gasteiger partial charge < -0.3 is 13.9 Å². The smallest absolute Gasteiger partial charge is 0.252 e. The van der Waals surface area contributed by atoms with Gasteiger partial charge in [-0.05, 0) is 63.7 Å². The van der Waals surface area contributed by atoms with E-state index in [4.69, 9.17) is 4.74 Å². The van der Waals surface area contributed by atoms with Gasteiger partial charge in [0.05, 0.1) is 11.0 Å². The van der Waals surface area contributed by atoms with Crippen molar-refractivity contribution >= 4 is 89.8 Å². The Kier molecular flexibility index (Phi) is 4.37. The van der Waals surface area contributed by atoms with Gasteiger partial charge >= 0.3 is 0 Å². The van der Waals surface area contributed by atoms with Crippen molar-refractivity contribution in [3.8, 4) is 22.9 Å². The molecule has 0 saturated carbocycles. The normalized spacial score (nSPS) is 13.6. The highest BCUT2D eigenvalue weighted by Gasteiger charge is 2.42. The summed E-state index contributed by atoms with van der Waals surface area (Å²) in [6.45, 7) is 0.157. The number of aromatic nitrogens is 2. The van der Waals surface area contributed by atoms with E-state index in [9.17, 15) is 0 Å². The van der Waals surface area contributed by atoms with Gasteiger partial charge in [-0.15, -0.1) is 0 Å². The van der Waals surface area contributed by atoms with Gasteiger partial charge in [-0.3, -0.25) is 0 Å². The largest absolute Gasteiger partial charge is 0.458 e. The van der Waals surface area contributed by atoms with Crippen molar-refractivity contribution in [2.75, 3.05) is 0 Å². The zero-order valence-corrected chi connectivity index (χ0v) is 25.3. The molecular formula is C42H24B2N2O. The maximum absolute atomic E-state index is 6.49. The molecule has 12 rings (SSSR count). The first-order valence-corrected chi connectivity index (χ1v) is 16.4. The van der Waals surface area contributed by atoms with E-state index in [0.29, 0.717) is 0 Å². The lowest BCUT2D eigenvalue weighted by atomic mass is 9.32. The Labute approximate surface area is 271 Å². The Morgan fingerprint density at radius 1 is 0.404 bits per heavy atom. The first-order chi connectivity index (χ1) is 23.3. The van der Waals surface area contributed by atoms with E-state index in [1.807, 2.05) is 0 Å². The number of nitrogens with zero attached hydrogens (tertiary/aromatic N) is 2. The van der Waals surface area contributed by atoms with E-state index in [1.54, 1.807) is 0 Å². The van der Waals surface area contributed by atoms with Crippen molar-refractivity contribution in [2.24, 2.45) is 0 Å². The molecule has 0 radical (unpaired) electrons. The summed E-state index contributed by atoms with van der Waals surface area (Å²) < 4.78 is 11.6. The minimum atomic E-state index is 0.0279. The summed E-state index contributed by atoms with van der Waals surface area (Å²) in [7, 11) is 0. The molecule has 0 aliphatic carbocycles. The van der Waals surface area contributed by atoms with Crippen LogP contribution in [0.15, 0.2) is 146 Å². The van der Waals surface area contributed by atoms with Gasteiger partial charge in [0, 0.05) is 44.0 Å². The Hall–Kier alpha value is -5.93. The topological polar surface area (TPSA) is 19.1 Å². The van der Waals surface area contributed by atoms with Crippen LogP contribution < -0.4 is 37.5 Å². The van der Waals surface area contributed by atoms with Crippen LogP contribution in [-0.2, 0) is 0 Å². The van der Waals surface area contributed by atoms with E-state index < -0.39 is 0 Å². The van der Waals surface area contributed by atoms with E-state index in [0.717, 1.165) is 11.5 Å². The minimum absolute atomic E-state index is 0.0279. The molecule has 3 nitrogen and oxygen atoms in total. The number of rotatable bonds is 1. The van der Waals surface area contributed by atoms with E-state index >= 15 is 0 Å². The minimum Gasteiger partial charge on any atom is -0.458 e. The summed E-state index contributed by atoms with van der Waals surface area (Å²) in [5, 5.41) is 5.23. The molecule has 2 aromatic heterocycles. The summed E-state index contributed by atoms with van der Waals surface area (Å²) in [4.78, 5) is 0. The van der Waals surface area contributed by atoms with E-state index in [2.05, 4.69) is 155 Å². The van der Waals surface area contributed by atoms with Gasteiger partial charge in [-0.1, -0.05) is 115 Å². The zero-order valence-electron chi connectivity index (χ0n) is 25.3. The molecule has 3 aliphatic rings. The van der Waals surface area contributed by atoms with Gasteiger partial charge in [-0.2, -0.15) is 0 Å². The molecule has 0 N–H and O–H groups in total. The SMILES string of the molecule is c1ccc2c(c1)Oc1ccccc1B2c1cc2c3c(c1)-n1c4ccccc4c4cccc(c41)B3c1cccc3c4ccccc4n-2c13. The molecular weight excluding hydrogens is 570 g/mol. The Bertz CT molecular complexity index is 2670. The molecule has 0 bridgehead atoms. The van der Waals surface area contributed by atoms with Crippen LogP contribution in [0.4, 0.5) is 0 Å². The number of para-hydroxylation sites is 6. The molecule has 7 aromatic carbocycles. The summed E-state index contributed by atoms with van der Waals surface area (Å²) >= 11 is 0. The summed E-state index contributed by atoms with van der Waals surface area (Å²) in [6.07, 6.45) is 0. The van der Waals surface area contributed by atoms with Crippen LogP contribution in [0.5, 0.6) is 11.5 Å². The fourth-order valence-electron chi connectivity index (χ4n) is 9.28. The Morgan fingerprint density at radius 3 is 1.40 bits per heavy atom. The van der Waals surface area contributed by atoms with Gasteiger partial charge in [0.15, 0.2) is 0 Å². The molecule has 0 spiro atoms. The average molecular weight is 594 g/mol. The van der Waals surface area contributed by atoms with E-state index in [-0.39, 0.29) is 13.4 Å². The molecule has 0 saturated heterocycles. The lowest BCUT2D eigenvalue weighted by Crippen LogP contribution is -2.61. The molecule has 3 aliphatic heterocycles.